The summed E-state index contributed by atoms with van der Waals surface area (Å²) < 4.78 is 35.4. The minimum atomic E-state index is -4.23. The van der Waals surface area contributed by atoms with Gasteiger partial charge in [0.05, 0.1) is 6.42 Å². The van der Waals surface area contributed by atoms with Gasteiger partial charge >= 0.3 is 6.18 Å². The van der Waals surface area contributed by atoms with E-state index in [0.29, 0.717) is 0 Å². The van der Waals surface area contributed by atoms with E-state index < -0.39 is 12.6 Å². The van der Waals surface area contributed by atoms with E-state index in [1.165, 1.54) is 0 Å². The van der Waals surface area contributed by atoms with E-state index in [-0.39, 0.29) is 22.8 Å². The molecule has 1 aromatic heterocycles. The minimum Gasteiger partial charge on any atom is -0.367 e. The summed E-state index contributed by atoms with van der Waals surface area (Å²) in [5.41, 5.74) is 0. The van der Waals surface area contributed by atoms with Crippen LogP contribution in [0, 0.1) is 0 Å². The van der Waals surface area contributed by atoms with Gasteiger partial charge in [0.25, 0.3) is 0 Å². The van der Waals surface area contributed by atoms with Crippen molar-refractivity contribution in [2.75, 3.05) is 11.9 Å². The van der Waals surface area contributed by atoms with Crippen LogP contribution in [0.4, 0.5) is 19.0 Å². The van der Waals surface area contributed by atoms with Gasteiger partial charge in [0.15, 0.2) is 11.0 Å². The van der Waals surface area contributed by atoms with Crippen molar-refractivity contribution >= 4 is 29.0 Å². The Kier molecular flexibility index (Phi) is 3.92. The first-order valence-electron chi connectivity index (χ1n) is 3.75. The molecule has 0 aliphatic heterocycles. The Morgan fingerprint density at radius 1 is 1.20 bits per heavy atom. The third-order valence-corrected chi connectivity index (χ3v) is 1.74. The summed E-state index contributed by atoms with van der Waals surface area (Å²) in [6, 6.07) is 0. The van der Waals surface area contributed by atoms with Gasteiger partial charge in [-0.1, -0.05) is 11.6 Å². The van der Waals surface area contributed by atoms with Gasteiger partial charge in [-0.05, 0) is 11.6 Å². The van der Waals surface area contributed by atoms with Crippen LogP contribution in [0.2, 0.25) is 10.4 Å². The van der Waals surface area contributed by atoms with Gasteiger partial charge < -0.3 is 5.32 Å². The first-order valence-corrected chi connectivity index (χ1v) is 4.50. The maximum Gasteiger partial charge on any atom is 0.390 e. The molecule has 1 aromatic rings. The fraction of sp³-hybridized carbons (Fsp3) is 0.500. The molecular weight excluding hydrogens is 256 g/mol. The van der Waals surface area contributed by atoms with Gasteiger partial charge in [-0.25, -0.2) is 0 Å². The highest BCUT2D eigenvalue weighted by Crippen LogP contribution is 2.21. The first-order chi connectivity index (χ1) is 6.88. The number of rotatable bonds is 3. The van der Waals surface area contributed by atoms with Crippen LogP contribution in [0.3, 0.4) is 0 Å². The molecule has 15 heavy (non-hydrogen) atoms. The van der Waals surface area contributed by atoms with E-state index in [1.807, 2.05) is 0 Å². The van der Waals surface area contributed by atoms with Crippen LogP contribution in [0.5, 0.6) is 0 Å². The van der Waals surface area contributed by atoms with Crippen LogP contribution >= 0.6 is 23.2 Å². The van der Waals surface area contributed by atoms with Crippen molar-refractivity contribution in [2.24, 2.45) is 0 Å². The van der Waals surface area contributed by atoms with Gasteiger partial charge in [-0.15, -0.1) is 10.2 Å². The molecule has 0 amide bonds. The zero-order valence-corrected chi connectivity index (χ0v) is 8.66. The monoisotopic (exact) mass is 260 g/mol. The fourth-order valence-corrected chi connectivity index (χ4v) is 0.998. The summed E-state index contributed by atoms with van der Waals surface area (Å²) in [6.45, 7) is -0.349. The number of aromatic nitrogens is 3. The van der Waals surface area contributed by atoms with Gasteiger partial charge in [0, 0.05) is 6.54 Å². The summed E-state index contributed by atoms with van der Waals surface area (Å²) >= 11 is 10.9. The lowest BCUT2D eigenvalue weighted by atomic mass is 10.4. The zero-order chi connectivity index (χ0) is 11.5. The van der Waals surface area contributed by atoms with Crippen LogP contribution in [0.1, 0.15) is 6.42 Å². The van der Waals surface area contributed by atoms with E-state index in [9.17, 15) is 13.2 Å². The number of nitrogens with zero attached hydrogens (tertiary/aromatic N) is 3. The second-order valence-electron chi connectivity index (χ2n) is 2.51. The number of hydrogen-bond acceptors (Lipinski definition) is 4. The smallest absolute Gasteiger partial charge is 0.367 e. The second-order valence-corrected chi connectivity index (χ2v) is 3.21. The van der Waals surface area contributed by atoms with Gasteiger partial charge in [0.2, 0.25) is 5.28 Å². The molecule has 4 nitrogen and oxygen atoms in total. The van der Waals surface area contributed by atoms with Crippen molar-refractivity contribution in [3.05, 3.63) is 10.4 Å². The number of halogens is 5. The third kappa shape index (κ3) is 4.48. The molecule has 84 valence electrons. The van der Waals surface area contributed by atoms with Crippen LogP contribution in [0.15, 0.2) is 0 Å². The highest BCUT2D eigenvalue weighted by atomic mass is 35.5. The number of alkyl halides is 3. The first kappa shape index (κ1) is 12.3. The topological polar surface area (TPSA) is 50.7 Å². The Morgan fingerprint density at radius 3 is 2.47 bits per heavy atom. The van der Waals surface area contributed by atoms with Crippen molar-refractivity contribution in [1.82, 2.24) is 15.2 Å². The average Bonchev–Trinajstić information content (AvgIpc) is 2.09. The Morgan fingerprint density at radius 2 is 1.87 bits per heavy atom. The molecule has 1 heterocycles. The van der Waals surface area contributed by atoms with Crippen molar-refractivity contribution < 1.29 is 13.2 Å². The molecule has 0 radical (unpaired) electrons. The van der Waals surface area contributed by atoms with E-state index in [0.717, 1.165) is 0 Å². The molecule has 0 aliphatic rings. The second kappa shape index (κ2) is 4.80. The molecule has 0 aromatic carbocycles. The Balaban J connectivity index is 2.54. The molecule has 0 saturated heterocycles. The van der Waals surface area contributed by atoms with Gasteiger partial charge in [-0.3, -0.25) is 0 Å². The van der Waals surface area contributed by atoms with E-state index in [1.54, 1.807) is 0 Å². The van der Waals surface area contributed by atoms with E-state index >= 15 is 0 Å². The molecule has 0 saturated carbocycles. The molecule has 0 aliphatic carbocycles. The summed E-state index contributed by atoms with van der Waals surface area (Å²) in [4.78, 5) is 3.57. The predicted molar refractivity (Wildman–Crippen MR) is 49.0 cm³/mol. The molecule has 9 heteroatoms. The molecule has 0 fully saturated rings. The predicted octanol–water partition coefficient (Wildman–Crippen LogP) is 2.54. The molecular formula is C6H5Cl2F3N4. The maximum atomic E-state index is 11.8. The quantitative estimate of drug-likeness (QED) is 0.908. The number of anilines is 1. The summed E-state index contributed by atoms with van der Waals surface area (Å²) in [5, 5.41) is 8.73. The van der Waals surface area contributed by atoms with Crippen molar-refractivity contribution in [3.63, 3.8) is 0 Å². The molecule has 0 spiro atoms. The van der Waals surface area contributed by atoms with E-state index in [4.69, 9.17) is 23.2 Å². The highest BCUT2D eigenvalue weighted by molar-refractivity contribution is 6.32. The summed E-state index contributed by atoms with van der Waals surface area (Å²) in [7, 11) is 0. The molecule has 0 unspecified atom stereocenters. The zero-order valence-electron chi connectivity index (χ0n) is 7.15. The van der Waals surface area contributed by atoms with Gasteiger partial charge in [-0.2, -0.15) is 18.2 Å². The van der Waals surface area contributed by atoms with Gasteiger partial charge in [0.1, 0.15) is 0 Å². The summed E-state index contributed by atoms with van der Waals surface area (Å²) in [6.07, 6.45) is -5.23. The normalized spacial score (nSPS) is 11.5. The lowest BCUT2D eigenvalue weighted by molar-refractivity contribution is -0.131. The lowest BCUT2D eigenvalue weighted by Gasteiger charge is -2.08. The molecule has 1 N–H and O–H groups in total. The minimum absolute atomic E-state index is 0.0130. The van der Waals surface area contributed by atoms with Crippen molar-refractivity contribution in [1.29, 1.82) is 0 Å². The van der Waals surface area contributed by atoms with E-state index in [2.05, 4.69) is 20.5 Å². The Hall–Kier alpha value is -0.820. The SMILES string of the molecule is FC(F)(F)CCNc1nc(Cl)nnc1Cl. The molecule has 0 bridgehead atoms. The lowest BCUT2D eigenvalue weighted by Crippen LogP contribution is -2.15. The largest absolute Gasteiger partial charge is 0.390 e. The van der Waals surface area contributed by atoms with Crippen LogP contribution in [-0.4, -0.2) is 27.9 Å². The molecule has 1 rings (SSSR count). The fourth-order valence-electron chi connectivity index (χ4n) is 0.728. The van der Waals surface area contributed by atoms with Crippen LogP contribution in [0.25, 0.3) is 0 Å². The standard InChI is InChI=1S/C6H5Cl2F3N4/c7-3-4(13-5(8)15-14-3)12-2-1-6(9,10)11/h1-2H2,(H,12,13,15). The number of nitrogens with one attached hydrogen (secondary N) is 1. The van der Waals surface area contributed by atoms with Crippen molar-refractivity contribution in [2.45, 2.75) is 12.6 Å². The Bertz CT molecular complexity index is 344. The highest BCUT2D eigenvalue weighted by Gasteiger charge is 2.26. The molecule has 0 atom stereocenters. The summed E-state index contributed by atoms with van der Waals surface area (Å²) in [5.74, 6) is -0.0130. The van der Waals surface area contributed by atoms with Crippen LogP contribution < -0.4 is 5.32 Å². The Labute approximate surface area is 92.8 Å². The van der Waals surface area contributed by atoms with Crippen molar-refractivity contribution in [3.8, 4) is 0 Å². The maximum absolute atomic E-state index is 11.8. The third-order valence-electron chi connectivity index (χ3n) is 1.32. The number of hydrogen-bond donors (Lipinski definition) is 1. The van der Waals surface area contributed by atoms with Crippen LogP contribution in [-0.2, 0) is 0 Å². The average molecular weight is 261 g/mol.